The topological polar surface area (TPSA) is 66.4 Å². The van der Waals surface area contributed by atoms with Gasteiger partial charge in [0, 0.05) is 5.75 Å². The van der Waals surface area contributed by atoms with E-state index in [2.05, 4.69) is 13.8 Å². The summed E-state index contributed by atoms with van der Waals surface area (Å²) in [6.07, 6.45) is 4.68. The Kier molecular flexibility index (Phi) is 19.1. The van der Waals surface area contributed by atoms with Crippen LogP contribution in [0.3, 0.4) is 0 Å². The normalized spacial score (nSPS) is 14.2. The van der Waals surface area contributed by atoms with E-state index in [0.29, 0.717) is 0 Å². The summed E-state index contributed by atoms with van der Waals surface area (Å²) in [7, 11) is -4.24. The van der Waals surface area contributed by atoms with Crippen molar-refractivity contribution in [2.24, 2.45) is 0 Å². The summed E-state index contributed by atoms with van der Waals surface area (Å²) in [4.78, 5) is 0. The maximum absolute atomic E-state index is 10.4. The standard InChI is InChI=1S/C11H23O4S.2Na/c1-4-5-6-7-8-10(2)15-11(3)9-16(12,13)14;;/h10-11H,3-9H2,1-2H3,(H,12,13,14);;/q-1;2*+1/p-1. The minimum absolute atomic E-state index is 0. The second kappa shape index (κ2) is 13.8. The molecular weight excluding hydrogens is 274 g/mol. The van der Waals surface area contributed by atoms with Crippen LogP contribution in [0.1, 0.15) is 46.0 Å². The van der Waals surface area contributed by atoms with Crippen molar-refractivity contribution in [3.63, 3.8) is 0 Å². The van der Waals surface area contributed by atoms with E-state index in [4.69, 9.17) is 4.74 Å². The van der Waals surface area contributed by atoms with Gasteiger partial charge in [0.1, 0.15) is 0 Å². The number of ether oxygens (including phenoxy) is 1. The molecule has 0 saturated carbocycles. The van der Waals surface area contributed by atoms with Crippen molar-refractivity contribution in [3.05, 3.63) is 6.92 Å². The van der Waals surface area contributed by atoms with Crippen molar-refractivity contribution in [1.29, 1.82) is 0 Å². The van der Waals surface area contributed by atoms with Gasteiger partial charge in [-0.3, -0.25) is 0 Å². The van der Waals surface area contributed by atoms with E-state index in [-0.39, 0.29) is 65.2 Å². The summed E-state index contributed by atoms with van der Waals surface area (Å²) in [5.41, 5.74) is 0. The van der Waals surface area contributed by atoms with Gasteiger partial charge in [-0.25, -0.2) is 8.42 Å². The third kappa shape index (κ3) is 17.9. The molecule has 0 radical (unpaired) electrons. The molecule has 0 amide bonds. The van der Waals surface area contributed by atoms with E-state index in [1.165, 1.54) is 12.8 Å². The van der Waals surface area contributed by atoms with E-state index in [9.17, 15) is 13.0 Å². The molecule has 0 aliphatic carbocycles. The van der Waals surface area contributed by atoms with Crippen LogP contribution in [-0.2, 0) is 14.9 Å². The second-order valence-electron chi connectivity index (χ2n) is 4.14. The molecular formula is C11H22Na2O4S. The van der Waals surface area contributed by atoms with Crippen LogP contribution in [0, 0.1) is 6.92 Å². The van der Waals surface area contributed by atoms with Gasteiger partial charge < -0.3 is 16.2 Å². The summed E-state index contributed by atoms with van der Waals surface area (Å²) in [6, 6.07) is 0. The molecule has 4 nitrogen and oxygen atoms in total. The van der Waals surface area contributed by atoms with Crippen molar-refractivity contribution in [1.82, 2.24) is 0 Å². The molecule has 0 bridgehead atoms. The monoisotopic (exact) mass is 296 g/mol. The predicted octanol–water partition coefficient (Wildman–Crippen LogP) is -3.88. The Hall–Kier alpha value is 1.87. The molecule has 7 heteroatoms. The molecule has 2 unspecified atom stereocenters. The molecule has 18 heavy (non-hydrogen) atoms. The van der Waals surface area contributed by atoms with Crippen molar-refractivity contribution in [3.8, 4) is 0 Å². The first kappa shape index (κ1) is 24.9. The number of unbranched alkanes of at least 4 members (excludes halogenated alkanes) is 3. The zero-order valence-corrected chi connectivity index (χ0v) is 17.0. The average molecular weight is 296 g/mol. The van der Waals surface area contributed by atoms with Gasteiger partial charge in [-0.1, -0.05) is 38.7 Å². The van der Waals surface area contributed by atoms with Gasteiger partial charge >= 0.3 is 59.1 Å². The first-order valence-electron chi connectivity index (χ1n) is 5.77. The van der Waals surface area contributed by atoms with Crippen LogP contribution in [0.5, 0.6) is 0 Å². The van der Waals surface area contributed by atoms with Gasteiger partial charge in [-0.15, -0.1) is 0 Å². The van der Waals surface area contributed by atoms with Crippen molar-refractivity contribution < 1.29 is 76.8 Å². The Balaban J connectivity index is -0.00000112. The van der Waals surface area contributed by atoms with Gasteiger partial charge in [0.2, 0.25) is 0 Å². The van der Waals surface area contributed by atoms with E-state index < -0.39 is 22.0 Å². The Bertz CT molecular complexity index is 270. The van der Waals surface area contributed by atoms with Gasteiger partial charge in [0.25, 0.3) is 0 Å². The zero-order chi connectivity index (χ0) is 12.6. The molecule has 0 spiro atoms. The van der Waals surface area contributed by atoms with E-state index in [1.807, 2.05) is 6.92 Å². The van der Waals surface area contributed by atoms with Gasteiger partial charge in [-0.2, -0.15) is 0 Å². The molecule has 0 aliphatic rings. The van der Waals surface area contributed by atoms with Crippen LogP contribution in [0.2, 0.25) is 0 Å². The summed E-state index contributed by atoms with van der Waals surface area (Å²) >= 11 is 0. The molecule has 0 fully saturated rings. The Morgan fingerprint density at radius 2 is 1.78 bits per heavy atom. The maximum Gasteiger partial charge on any atom is 1.00 e. The summed E-state index contributed by atoms with van der Waals surface area (Å²) in [6.45, 7) is 7.53. The van der Waals surface area contributed by atoms with Crippen LogP contribution in [-0.4, -0.2) is 30.9 Å². The second-order valence-corrected chi connectivity index (χ2v) is 5.59. The fourth-order valence-electron chi connectivity index (χ4n) is 1.52. The first-order chi connectivity index (χ1) is 7.35. The molecule has 0 rings (SSSR count). The molecule has 0 heterocycles. The van der Waals surface area contributed by atoms with E-state index in [0.717, 1.165) is 19.3 Å². The number of hydrogen-bond acceptors (Lipinski definition) is 4. The SMILES string of the molecule is [CH2-]C(CS(=O)(=O)[O-])OC(C)CCCCCC.[Na+].[Na+]. The van der Waals surface area contributed by atoms with Crippen LogP contribution < -0.4 is 59.1 Å². The summed E-state index contributed by atoms with van der Waals surface area (Å²) in [5, 5.41) is 0. The molecule has 2 atom stereocenters. The first-order valence-corrected chi connectivity index (χ1v) is 7.35. The fourth-order valence-corrected chi connectivity index (χ4v) is 2.06. The fraction of sp³-hybridized carbons (Fsp3) is 0.909. The zero-order valence-electron chi connectivity index (χ0n) is 12.1. The minimum atomic E-state index is -4.24. The minimum Gasteiger partial charge on any atom is -0.748 e. The molecule has 0 aromatic carbocycles. The van der Waals surface area contributed by atoms with Crippen LogP contribution in [0.25, 0.3) is 0 Å². The Morgan fingerprint density at radius 3 is 2.22 bits per heavy atom. The summed E-state index contributed by atoms with van der Waals surface area (Å²) in [5.74, 6) is -0.549. The molecule has 0 saturated heterocycles. The van der Waals surface area contributed by atoms with Crippen LogP contribution >= 0.6 is 0 Å². The molecule has 0 N–H and O–H groups in total. The van der Waals surface area contributed by atoms with Crippen molar-refractivity contribution in [2.45, 2.75) is 58.2 Å². The summed E-state index contributed by atoms with van der Waals surface area (Å²) < 4.78 is 36.7. The average Bonchev–Trinajstić information content (AvgIpc) is 2.09. The Labute approximate surface area is 156 Å². The maximum atomic E-state index is 10.4. The van der Waals surface area contributed by atoms with E-state index in [1.54, 1.807) is 0 Å². The number of hydrogen-bond donors (Lipinski definition) is 0. The number of rotatable bonds is 9. The van der Waals surface area contributed by atoms with Crippen LogP contribution in [0.15, 0.2) is 0 Å². The molecule has 0 aromatic heterocycles. The van der Waals surface area contributed by atoms with Crippen molar-refractivity contribution in [2.75, 3.05) is 5.75 Å². The van der Waals surface area contributed by atoms with Crippen LogP contribution in [0.4, 0.5) is 0 Å². The van der Waals surface area contributed by atoms with Gasteiger partial charge in [0.05, 0.1) is 16.2 Å². The molecule has 0 aliphatic heterocycles. The molecule has 0 aromatic rings. The van der Waals surface area contributed by atoms with Gasteiger partial charge in [-0.05, 0) is 13.3 Å². The van der Waals surface area contributed by atoms with Gasteiger partial charge in [0.15, 0.2) is 0 Å². The smallest absolute Gasteiger partial charge is 0.748 e. The predicted molar refractivity (Wildman–Crippen MR) is 63.0 cm³/mol. The van der Waals surface area contributed by atoms with E-state index >= 15 is 0 Å². The third-order valence-electron chi connectivity index (χ3n) is 2.28. The third-order valence-corrected chi connectivity index (χ3v) is 3.06. The Morgan fingerprint density at radius 1 is 1.22 bits per heavy atom. The quantitative estimate of drug-likeness (QED) is 0.189. The van der Waals surface area contributed by atoms with Crippen molar-refractivity contribution >= 4 is 10.1 Å². The largest absolute Gasteiger partial charge is 1.00 e. The molecule has 98 valence electrons.